The fraction of sp³-hybridized carbons (Fsp3) is 0.182. The molecule has 0 amide bonds. The summed E-state index contributed by atoms with van der Waals surface area (Å²) < 4.78 is 9.49. The highest BCUT2D eigenvalue weighted by Gasteiger charge is 2.12. The number of nitrogens with zero attached hydrogens (tertiary/aromatic N) is 2. The van der Waals surface area contributed by atoms with Crippen LogP contribution in [0.25, 0.3) is 11.4 Å². The van der Waals surface area contributed by atoms with E-state index in [0.717, 1.165) is 0 Å². The van der Waals surface area contributed by atoms with Crippen LogP contribution in [0.2, 0.25) is 5.02 Å². The third-order valence-corrected chi connectivity index (χ3v) is 2.32. The fourth-order valence-electron chi connectivity index (χ4n) is 1.37. The van der Waals surface area contributed by atoms with Gasteiger partial charge < -0.3 is 9.26 Å². The van der Waals surface area contributed by atoms with Crippen LogP contribution >= 0.6 is 11.6 Å². The van der Waals surface area contributed by atoms with E-state index in [1.807, 2.05) is 0 Å². The molecule has 0 aliphatic rings. The van der Waals surface area contributed by atoms with Crippen molar-refractivity contribution in [1.82, 2.24) is 10.1 Å². The maximum absolute atomic E-state index is 11.4. The molecule has 5 nitrogen and oxygen atoms in total. The van der Waals surface area contributed by atoms with Gasteiger partial charge in [-0.25, -0.2) is 4.79 Å². The minimum absolute atomic E-state index is 0.345. The van der Waals surface area contributed by atoms with Gasteiger partial charge in [-0.05, 0) is 18.2 Å². The van der Waals surface area contributed by atoms with Crippen molar-refractivity contribution in [2.24, 2.45) is 0 Å². The Balaban J connectivity index is 2.48. The zero-order valence-electron chi connectivity index (χ0n) is 9.23. The lowest BCUT2D eigenvalue weighted by Gasteiger charge is -2.02. The quantitative estimate of drug-likeness (QED) is 0.768. The molecule has 0 N–H and O–H groups in total. The van der Waals surface area contributed by atoms with Crippen molar-refractivity contribution in [3.05, 3.63) is 34.7 Å². The number of halogens is 1. The molecule has 0 aliphatic carbocycles. The standard InChI is InChI=1S/C11H9ClN2O3/c1-6-13-10(14-17-6)7-3-8(11(15)16-2)5-9(12)4-7/h3-5H,1-2H3. The molecule has 0 saturated heterocycles. The Morgan fingerprint density at radius 2 is 2.18 bits per heavy atom. The van der Waals surface area contributed by atoms with Gasteiger partial charge in [0.25, 0.3) is 0 Å². The number of ether oxygens (including phenoxy) is 1. The fourth-order valence-corrected chi connectivity index (χ4v) is 1.61. The number of aromatic nitrogens is 2. The predicted molar refractivity (Wildman–Crippen MR) is 60.8 cm³/mol. The van der Waals surface area contributed by atoms with Gasteiger partial charge in [-0.3, -0.25) is 0 Å². The Kier molecular flexibility index (Phi) is 3.10. The van der Waals surface area contributed by atoms with Gasteiger partial charge in [0.15, 0.2) is 0 Å². The monoisotopic (exact) mass is 252 g/mol. The minimum Gasteiger partial charge on any atom is -0.465 e. The van der Waals surface area contributed by atoms with Gasteiger partial charge in [-0.15, -0.1) is 0 Å². The van der Waals surface area contributed by atoms with Gasteiger partial charge in [-0.1, -0.05) is 16.8 Å². The van der Waals surface area contributed by atoms with Crippen LogP contribution in [0.15, 0.2) is 22.7 Å². The average Bonchev–Trinajstić information content (AvgIpc) is 2.74. The molecule has 88 valence electrons. The number of hydrogen-bond donors (Lipinski definition) is 0. The Morgan fingerprint density at radius 3 is 2.76 bits per heavy atom. The summed E-state index contributed by atoms with van der Waals surface area (Å²) in [5.74, 6) is 0.365. The van der Waals surface area contributed by atoms with Gasteiger partial charge in [0.2, 0.25) is 11.7 Å². The van der Waals surface area contributed by atoms with Crippen LogP contribution in [0.1, 0.15) is 16.2 Å². The minimum atomic E-state index is -0.464. The zero-order chi connectivity index (χ0) is 12.4. The van der Waals surface area contributed by atoms with Crippen molar-refractivity contribution in [3.63, 3.8) is 0 Å². The summed E-state index contributed by atoms with van der Waals surface area (Å²) in [6.45, 7) is 1.68. The molecule has 0 bridgehead atoms. The van der Waals surface area contributed by atoms with Crippen molar-refractivity contribution in [1.29, 1.82) is 0 Å². The van der Waals surface area contributed by atoms with E-state index in [-0.39, 0.29) is 0 Å². The normalized spacial score (nSPS) is 10.3. The molecule has 0 saturated carbocycles. The molecule has 0 fully saturated rings. The molecular weight excluding hydrogens is 244 g/mol. The Bertz CT molecular complexity index is 566. The summed E-state index contributed by atoms with van der Waals surface area (Å²) in [4.78, 5) is 15.5. The second kappa shape index (κ2) is 4.55. The summed E-state index contributed by atoms with van der Waals surface area (Å²) in [5.41, 5.74) is 0.951. The van der Waals surface area contributed by atoms with Crippen molar-refractivity contribution in [2.75, 3.05) is 7.11 Å². The molecule has 1 aromatic carbocycles. The SMILES string of the molecule is COC(=O)c1cc(Cl)cc(-c2noc(C)n2)c1. The van der Waals surface area contributed by atoms with Gasteiger partial charge in [0.1, 0.15) is 0 Å². The largest absolute Gasteiger partial charge is 0.465 e. The van der Waals surface area contributed by atoms with Gasteiger partial charge in [-0.2, -0.15) is 4.98 Å². The smallest absolute Gasteiger partial charge is 0.337 e. The second-order valence-electron chi connectivity index (χ2n) is 3.36. The van der Waals surface area contributed by atoms with Crippen LogP contribution in [0.4, 0.5) is 0 Å². The predicted octanol–water partition coefficient (Wildman–Crippen LogP) is 2.49. The molecule has 0 aliphatic heterocycles. The first-order chi connectivity index (χ1) is 8.10. The van der Waals surface area contributed by atoms with E-state index in [9.17, 15) is 4.79 Å². The molecule has 17 heavy (non-hydrogen) atoms. The molecule has 2 aromatic rings. The Labute approximate surface area is 102 Å². The first-order valence-electron chi connectivity index (χ1n) is 4.80. The van der Waals surface area contributed by atoms with Crippen LogP contribution in [0.5, 0.6) is 0 Å². The van der Waals surface area contributed by atoms with Gasteiger partial charge in [0, 0.05) is 17.5 Å². The average molecular weight is 253 g/mol. The van der Waals surface area contributed by atoms with E-state index in [0.29, 0.717) is 27.9 Å². The number of carbonyl (C=O) groups is 1. The van der Waals surface area contributed by atoms with Gasteiger partial charge >= 0.3 is 5.97 Å². The molecule has 0 atom stereocenters. The van der Waals surface area contributed by atoms with Crippen molar-refractivity contribution >= 4 is 17.6 Å². The molecule has 0 unspecified atom stereocenters. The highest BCUT2D eigenvalue weighted by atomic mass is 35.5. The van der Waals surface area contributed by atoms with E-state index in [1.165, 1.54) is 13.2 Å². The molecule has 0 spiro atoms. The highest BCUT2D eigenvalue weighted by molar-refractivity contribution is 6.31. The summed E-state index contributed by atoms with van der Waals surface area (Å²) in [6, 6.07) is 4.77. The summed E-state index contributed by atoms with van der Waals surface area (Å²) in [5, 5.41) is 4.16. The number of hydrogen-bond acceptors (Lipinski definition) is 5. The number of carbonyl (C=O) groups excluding carboxylic acids is 1. The third-order valence-electron chi connectivity index (χ3n) is 2.10. The van der Waals surface area contributed by atoms with Crippen LogP contribution < -0.4 is 0 Å². The topological polar surface area (TPSA) is 65.2 Å². The van der Waals surface area contributed by atoms with Crippen LogP contribution in [-0.4, -0.2) is 23.2 Å². The maximum Gasteiger partial charge on any atom is 0.337 e. The van der Waals surface area contributed by atoms with Crippen LogP contribution in [0, 0.1) is 6.92 Å². The van der Waals surface area contributed by atoms with Crippen LogP contribution in [-0.2, 0) is 4.74 Å². The molecular formula is C11H9ClN2O3. The molecule has 1 aromatic heterocycles. The number of methoxy groups -OCH3 is 1. The lowest BCUT2D eigenvalue weighted by Crippen LogP contribution is -2.01. The van der Waals surface area contributed by atoms with Crippen molar-refractivity contribution in [3.8, 4) is 11.4 Å². The summed E-state index contributed by atoms with van der Waals surface area (Å²) >= 11 is 5.91. The highest BCUT2D eigenvalue weighted by Crippen LogP contribution is 2.23. The number of benzene rings is 1. The van der Waals surface area contributed by atoms with E-state index in [1.54, 1.807) is 19.1 Å². The van der Waals surface area contributed by atoms with E-state index in [4.69, 9.17) is 16.1 Å². The molecule has 1 heterocycles. The first kappa shape index (κ1) is 11.6. The van der Waals surface area contributed by atoms with Crippen molar-refractivity contribution in [2.45, 2.75) is 6.92 Å². The number of esters is 1. The number of rotatable bonds is 2. The van der Waals surface area contributed by atoms with Crippen LogP contribution in [0.3, 0.4) is 0 Å². The Hall–Kier alpha value is -1.88. The summed E-state index contributed by atoms with van der Waals surface area (Å²) in [6.07, 6.45) is 0. The maximum atomic E-state index is 11.4. The van der Waals surface area contributed by atoms with Gasteiger partial charge in [0.05, 0.1) is 12.7 Å². The summed E-state index contributed by atoms with van der Waals surface area (Å²) in [7, 11) is 1.31. The first-order valence-corrected chi connectivity index (χ1v) is 5.17. The van der Waals surface area contributed by atoms with E-state index in [2.05, 4.69) is 14.9 Å². The molecule has 2 rings (SSSR count). The van der Waals surface area contributed by atoms with E-state index >= 15 is 0 Å². The lowest BCUT2D eigenvalue weighted by atomic mass is 10.1. The number of aryl methyl sites for hydroxylation is 1. The van der Waals surface area contributed by atoms with E-state index < -0.39 is 5.97 Å². The molecule has 6 heteroatoms. The third kappa shape index (κ3) is 2.45. The Morgan fingerprint density at radius 1 is 1.41 bits per heavy atom. The molecule has 0 radical (unpaired) electrons. The lowest BCUT2D eigenvalue weighted by molar-refractivity contribution is 0.0601. The van der Waals surface area contributed by atoms with Crippen molar-refractivity contribution < 1.29 is 14.1 Å². The zero-order valence-corrected chi connectivity index (χ0v) is 9.99. The second-order valence-corrected chi connectivity index (χ2v) is 3.79.